The number of amides is 1. The minimum Gasteiger partial charge on any atom is -0.497 e. The van der Waals surface area contributed by atoms with Gasteiger partial charge in [0.05, 0.1) is 19.7 Å². The first-order chi connectivity index (χ1) is 12.6. The van der Waals surface area contributed by atoms with Crippen LogP contribution in [-0.2, 0) is 4.79 Å². The molecular weight excluding hydrogens is 326 g/mol. The van der Waals surface area contributed by atoms with Gasteiger partial charge in [-0.3, -0.25) is 9.69 Å². The highest BCUT2D eigenvalue weighted by Crippen LogP contribution is 2.24. The average Bonchev–Trinajstić information content (AvgIpc) is 2.67. The molecule has 0 aromatic heterocycles. The highest BCUT2D eigenvalue weighted by atomic mass is 16.5. The number of hydrogen-bond donors (Lipinski definition) is 2. The molecule has 1 atom stereocenters. The van der Waals surface area contributed by atoms with E-state index in [4.69, 9.17) is 4.74 Å². The molecule has 1 fully saturated rings. The van der Waals surface area contributed by atoms with Gasteiger partial charge < -0.3 is 15.4 Å². The summed E-state index contributed by atoms with van der Waals surface area (Å²) >= 11 is 0. The van der Waals surface area contributed by atoms with E-state index < -0.39 is 0 Å². The fourth-order valence-corrected chi connectivity index (χ4v) is 3.61. The average molecular weight is 355 g/mol. The lowest BCUT2D eigenvalue weighted by Crippen LogP contribution is -2.45. The minimum atomic E-state index is -0.0181. The lowest BCUT2D eigenvalue weighted by atomic mass is 10.0. The molecule has 26 heavy (non-hydrogen) atoms. The number of nitrogens with zero attached hydrogens (tertiary/aromatic N) is 1. The summed E-state index contributed by atoms with van der Waals surface area (Å²) in [6.45, 7) is 4.55. The summed E-state index contributed by atoms with van der Waals surface area (Å²) in [4.78, 5) is 14.6. The third kappa shape index (κ3) is 4.54. The highest BCUT2D eigenvalue weighted by molar-refractivity contribution is 5.85. The Morgan fingerprint density at radius 3 is 2.65 bits per heavy atom. The SMILES string of the molecule is COc1ccc2cc(C(C)NC(=O)CN(C)C3CCNCC3)ccc2c1. The van der Waals surface area contributed by atoms with E-state index in [0.29, 0.717) is 12.6 Å². The molecule has 3 rings (SSSR count). The Balaban J connectivity index is 1.60. The van der Waals surface area contributed by atoms with Crippen LogP contribution in [0.4, 0.5) is 0 Å². The molecule has 1 amide bonds. The van der Waals surface area contributed by atoms with Crippen LogP contribution >= 0.6 is 0 Å². The Kier molecular flexibility index (Phi) is 6.12. The predicted molar refractivity (Wildman–Crippen MR) is 106 cm³/mol. The van der Waals surface area contributed by atoms with Crippen molar-refractivity contribution in [1.82, 2.24) is 15.5 Å². The molecule has 5 nitrogen and oxygen atoms in total. The van der Waals surface area contributed by atoms with Crippen LogP contribution in [-0.4, -0.2) is 50.6 Å². The summed E-state index contributed by atoms with van der Waals surface area (Å²) in [7, 11) is 3.72. The largest absolute Gasteiger partial charge is 0.497 e. The minimum absolute atomic E-state index is 0.0181. The van der Waals surface area contributed by atoms with Crippen LogP contribution in [0.25, 0.3) is 10.8 Å². The molecule has 0 radical (unpaired) electrons. The third-order valence-corrected chi connectivity index (χ3v) is 5.27. The molecule has 1 aliphatic heterocycles. The molecular formula is C21H29N3O2. The van der Waals surface area contributed by atoms with E-state index in [1.807, 2.05) is 26.1 Å². The first-order valence-corrected chi connectivity index (χ1v) is 9.35. The van der Waals surface area contributed by atoms with Crippen molar-refractivity contribution in [2.75, 3.05) is 33.8 Å². The van der Waals surface area contributed by atoms with Crippen molar-refractivity contribution in [3.63, 3.8) is 0 Å². The molecule has 1 saturated heterocycles. The second kappa shape index (κ2) is 8.52. The Morgan fingerprint density at radius 1 is 1.23 bits per heavy atom. The smallest absolute Gasteiger partial charge is 0.234 e. The molecule has 2 aromatic carbocycles. The number of benzene rings is 2. The summed E-state index contributed by atoms with van der Waals surface area (Å²) < 4.78 is 5.27. The monoisotopic (exact) mass is 355 g/mol. The number of fused-ring (bicyclic) bond motifs is 1. The standard InChI is InChI=1S/C21H29N3O2/c1-15(23-21(25)14-24(2)19-8-10-22-11-9-19)16-4-5-18-13-20(26-3)7-6-17(18)12-16/h4-7,12-13,15,19,22H,8-11,14H2,1-3H3,(H,23,25). The Hall–Kier alpha value is -2.11. The zero-order valence-corrected chi connectivity index (χ0v) is 15.9. The Bertz CT molecular complexity index is 756. The molecule has 1 unspecified atom stereocenters. The molecule has 0 spiro atoms. The van der Waals surface area contributed by atoms with Crippen LogP contribution in [0.3, 0.4) is 0 Å². The first kappa shape index (κ1) is 18.7. The molecule has 0 aliphatic carbocycles. The fourth-order valence-electron chi connectivity index (χ4n) is 3.61. The van der Waals surface area contributed by atoms with Crippen molar-refractivity contribution in [3.05, 3.63) is 42.0 Å². The summed E-state index contributed by atoms with van der Waals surface area (Å²) in [5.74, 6) is 0.931. The van der Waals surface area contributed by atoms with E-state index in [9.17, 15) is 4.79 Å². The van der Waals surface area contributed by atoms with E-state index in [2.05, 4.69) is 39.8 Å². The fraction of sp³-hybridized carbons (Fsp3) is 0.476. The van der Waals surface area contributed by atoms with Crippen molar-refractivity contribution in [1.29, 1.82) is 0 Å². The van der Waals surface area contributed by atoms with Gasteiger partial charge in [-0.05, 0) is 74.4 Å². The number of rotatable bonds is 6. The molecule has 2 N–H and O–H groups in total. The normalized spacial score (nSPS) is 16.6. The number of piperidine rings is 1. The van der Waals surface area contributed by atoms with Crippen molar-refractivity contribution >= 4 is 16.7 Å². The van der Waals surface area contributed by atoms with Gasteiger partial charge in [0.1, 0.15) is 5.75 Å². The number of carbonyl (C=O) groups is 1. The molecule has 5 heteroatoms. The summed E-state index contributed by atoms with van der Waals surface area (Å²) in [6.07, 6.45) is 2.21. The van der Waals surface area contributed by atoms with E-state index in [0.717, 1.165) is 48.0 Å². The van der Waals surface area contributed by atoms with Crippen LogP contribution in [0.2, 0.25) is 0 Å². The summed E-state index contributed by atoms with van der Waals surface area (Å²) in [6, 6.07) is 12.8. The van der Waals surface area contributed by atoms with Gasteiger partial charge >= 0.3 is 0 Å². The Morgan fingerprint density at radius 2 is 1.92 bits per heavy atom. The Labute approximate surface area is 155 Å². The molecule has 140 valence electrons. The van der Waals surface area contributed by atoms with Gasteiger partial charge in [0, 0.05) is 6.04 Å². The van der Waals surface area contributed by atoms with Gasteiger partial charge in [0.15, 0.2) is 0 Å². The van der Waals surface area contributed by atoms with Crippen LogP contribution in [0, 0.1) is 0 Å². The van der Waals surface area contributed by atoms with E-state index in [1.165, 1.54) is 0 Å². The van der Waals surface area contributed by atoms with Crippen molar-refractivity contribution in [2.24, 2.45) is 0 Å². The van der Waals surface area contributed by atoms with Gasteiger partial charge in [-0.2, -0.15) is 0 Å². The van der Waals surface area contributed by atoms with Crippen LogP contribution in [0.1, 0.15) is 31.4 Å². The number of hydrogen-bond acceptors (Lipinski definition) is 4. The zero-order chi connectivity index (χ0) is 18.5. The highest BCUT2D eigenvalue weighted by Gasteiger charge is 2.20. The maximum Gasteiger partial charge on any atom is 0.234 e. The van der Waals surface area contributed by atoms with Crippen LogP contribution in [0.5, 0.6) is 5.75 Å². The van der Waals surface area contributed by atoms with E-state index >= 15 is 0 Å². The van der Waals surface area contributed by atoms with Gasteiger partial charge in [0.2, 0.25) is 5.91 Å². The number of likely N-dealkylation sites (N-methyl/N-ethyl adjacent to an activating group) is 1. The lowest BCUT2D eigenvalue weighted by Gasteiger charge is -2.31. The molecule has 0 saturated carbocycles. The predicted octanol–water partition coefficient (Wildman–Crippen LogP) is 2.71. The van der Waals surface area contributed by atoms with Gasteiger partial charge in [-0.15, -0.1) is 0 Å². The zero-order valence-electron chi connectivity index (χ0n) is 15.9. The summed E-state index contributed by atoms with van der Waals surface area (Å²) in [5, 5.41) is 8.78. The maximum absolute atomic E-state index is 12.4. The second-order valence-corrected chi connectivity index (χ2v) is 7.16. The lowest BCUT2D eigenvalue weighted by molar-refractivity contribution is -0.123. The number of carbonyl (C=O) groups excluding carboxylic acids is 1. The first-order valence-electron chi connectivity index (χ1n) is 9.35. The third-order valence-electron chi connectivity index (χ3n) is 5.27. The molecule has 1 aliphatic rings. The maximum atomic E-state index is 12.4. The van der Waals surface area contributed by atoms with Gasteiger partial charge in [0.25, 0.3) is 0 Å². The quantitative estimate of drug-likeness (QED) is 0.837. The van der Waals surface area contributed by atoms with Crippen molar-refractivity contribution < 1.29 is 9.53 Å². The van der Waals surface area contributed by atoms with Crippen LogP contribution < -0.4 is 15.4 Å². The second-order valence-electron chi connectivity index (χ2n) is 7.16. The van der Waals surface area contributed by atoms with E-state index in [1.54, 1.807) is 7.11 Å². The summed E-state index contributed by atoms with van der Waals surface area (Å²) in [5.41, 5.74) is 1.11. The van der Waals surface area contributed by atoms with Gasteiger partial charge in [-0.25, -0.2) is 0 Å². The number of nitrogens with one attached hydrogen (secondary N) is 2. The topological polar surface area (TPSA) is 53.6 Å². The number of methoxy groups -OCH3 is 1. The van der Waals surface area contributed by atoms with Gasteiger partial charge in [-0.1, -0.05) is 18.2 Å². The number of ether oxygens (including phenoxy) is 1. The van der Waals surface area contributed by atoms with Crippen molar-refractivity contribution in [3.8, 4) is 5.75 Å². The molecule has 0 bridgehead atoms. The van der Waals surface area contributed by atoms with Crippen LogP contribution in [0.15, 0.2) is 36.4 Å². The molecule has 1 heterocycles. The van der Waals surface area contributed by atoms with E-state index in [-0.39, 0.29) is 11.9 Å². The van der Waals surface area contributed by atoms with Crippen molar-refractivity contribution in [2.45, 2.75) is 31.8 Å². The molecule has 2 aromatic rings.